The van der Waals surface area contributed by atoms with Crippen molar-refractivity contribution in [3.8, 4) is 11.5 Å². The first-order valence-corrected chi connectivity index (χ1v) is 4.53. The van der Waals surface area contributed by atoms with Gasteiger partial charge in [0.25, 0.3) is 0 Å². The van der Waals surface area contributed by atoms with E-state index in [9.17, 15) is 4.79 Å². The minimum absolute atomic E-state index is 0.182. The van der Waals surface area contributed by atoms with Crippen molar-refractivity contribution in [1.82, 2.24) is 5.32 Å². The molecule has 1 aliphatic rings. The number of amides is 1. The summed E-state index contributed by atoms with van der Waals surface area (Å²) in [6.45, 7) is 0.654. The molecule has 0 aromatic heterocycles. The van der Waals surface area contributed by atoms with Crippen LogP contribution in [0.15, 0.2) is 18.2 Å². The predicted molar refractivity (Wildman–Crippen MR) is 51.8 cm³/mol. The molecule has 1 heterocycles. The van der Waals surface area contributed by atoms with Gasteiger partial charge in [0, 0.05) is 12.6 Å². The van der Waals surface area contributed by atoms with Crippen LogP contribution in [-0.4, -0.2) is 19.9 Å². The molecule has 1 aromatic carbocycles. The zero-order valence-electron chi connectivity index (χ0n) is 8.28. The highest BCUT2D eigenvalue weighted by Gasteiger charge is 2.17. The van der Waals surface area contributed by atoms with E-state index < -0.39 is 6.09 Å². The fraction of sp³-hybridized carbons (Fsp3) is 0.300. The van der Waals surface area contributed by atoms with Crippen molar-refractivity contribution in [2.24, 2.45) is 0 Å². The minimum Gasteiger partial charge on any atom is -0.463 e. The van der Waals surface area contributed by atoms with Crippen LogP contribution in [-0.2, 0) is 11.3 Å². The Hall–Kier alpha value is -1.75. The van der Waals surface area contributed by atoms with E-state index in [1.165, 1.54) is 7.05 Å². The number of hydrogen-bond acceptors (Lipinski definition) is 4. The Morgan fingerprint density at radius 2 is 2.40 bits per heavy atom. The third-order valence-corrected chi connectivity index (χ3v) is 2.01. The molecule has 5 heteroatoms. The number of carbonyl (C=O) groups is 1. The lowest BCUT2D eigenvalue weighted by atomic mass is 10.2. The van der Waals surface area contributed by atoms with Gasteiger partial charge in [-0.25, -0.2) is 4.79 Å². The molecule has 0 radical (unpaired) electrons. The molecule has 80 valence electrons. The smallest absolute Gasteiger partial charge is 0.412 e. The van der Waals surface area contributed by atoms with Crippen molar-refractivity contribution >= 4 is 6.09 Å². The van der Waals surface area contributed by atoms with E-state index in [2.05, 4.69) is 5.32 Å². The van der Waals surface area contributed by atoms with Gasteiger partial charge >= 0.3 is 6.09 Å². The number of carbonyl (C=O) groups excluding carboxylic acids is 1. The first-order chi connectivity index (χ1) is 7.31. The quantitative estimate of drug-likeness (QED) is 0.756. The summed E-state index contributed by atoms with van der Waals surface area (Å²) in [7, 11) is 1.50. The Kier molecular flexibility index (Phi) is 2.73. The van der Waals surface area contributed by atoms with Gasteiger partial charge < -0.3 is 19.5 Å². The summed E-state index contributed by atoms with van der Waals surface area (Å²) < 4.78 is 15.4. The zero-order chi connectivity index (χ0) is 10.7. The summed E-state index contributed by atoms with van der Waals surface area (Å²) in [5, 5.41) is 2.37. The van der Waals surface area contributed by atoms with Crippen LogP contribution in [0.2, 0.25) is 0 Å². The third kappa shape index (κ3) is 2.02. The van der Waals surface area contributed by atoms with Crippen LogP contribution in [0.4, 0.5) is 4.79 Å². The second-order valence-electron chi connectivity index (χ2n) is 2.99. The van der Waals surface area contributed by atoms with Gasteiger partial charge in [-0.05, 0) is 6.07 Å². The summed E-state index contributed by atoms with van der Waals surface area (Å²) in [6.07, 6.45) is -0.515. The molecular weight excluding hydrogens is 198 g/mol. The maximum absolute atomic E-state index is 11.0. The standard InChI is InChI=1S/C10H11NO4/c1-11-10(12)15-8-4-2-3-7-5-13-6-14-9(7)8/h2-4H,5-6H2,1H3,(H,11,12). The lowest BCUT2D eigenvalue weighted by molar-refractivity contribution is -0.0178. The molecule has 2 rings (SSSR count). The second kappa shape index (κ2) is 4.18. The van der Waals surface area contributed by atoms with Gasteiger partial charge in [0.15, 0.2) is 18.3 Å². The lowest BCUT2D eigenvalue weighted by Crippen LogP contribution is -2.23. The van der Waals surface area contributed by atoms with Gasteiger partial charge in [0.1, 0.15) is 0 Å². The number of hydrogen-bond donors (Lipinski definition) is 1. The first-order valence-electron chi connectivity index (χ1n) is 4.53. The lowest BCUT2D eigenvalue weighted by Gasteiger charge is -2.19. The topological polar surface area (TPSA) is 56.8 Å². The average Bonchev–Trinajstić information content (AvgIpc) is 2.29. The van der Waals surface area contributed by atoms with Gasteiger partial charge in [-0.2, -0.15) is 0 Å². The Labute approximate surface area is 86.9 Å². The van der Waals surface area contributed by atoms with Crippen molar-refractivity contribution in [2.45, 2.75) is 6.61 Å². The average molecular weight is 209 g/mol. The molecule has 5 nitrogen and oxygen atoms in total. The summed E-state index contributed by atoms with van der Waals surface area (Å²) in [5.41, 5.74) is 0.877. The molecule has 0 aliphatic carbocycles. The van der Waals surface area contributed by atoms with Gasteiger partial charge in [0.05, 0.1) is 6.61 Å². The molecule has 0 bridgehead atoms. The van der Waals surface area contributed by atoms with Crippen LogP contribution in [0.3, 0.4) is 0 Å². The van der Waals surface area contributed by atoms with Crippen LogP contribution in [0.1, 0.15) is 5.56 Å². The monoisotopic (exact) mass is 209 g/mol. The SMILES string of the molecule is CNC(=O)Oc1cccc2c1OCOC2. The van der Waals surface area contributed by atoms with Crippen molar-refractivity contribution < 1.29 is 19.0 Å². The number of ether oxygens (including phenoxy) is 3. The summed E-state index contributed by atoms with van der Waals surface area (Å²) in [4.78, 5) is 11.0. The molecule has 0 atom stereocenters. The first kappa shape index (κ1) is 9.79. The van der Waals surface area contributed by atoms with Crippen LogP contribution in [0.5, 0.6) is 11.5 Å². The van der Waals surface area contributed by atoms with Gasteiger partial charge in [0.2, 0.25) is 0 Å². The summed E-state index contributed by atoms with van der Waals surface area (Å²) >= 11 is 0. The van der Waals surface area contributed by atoms with E-state index in [1.807, 2.05) is 6.07 Å². The molecule has 1 aromatic rings. The van der Waals surface area contributed by atoms with Crippen LogP contribution in [0.25, 0.3) is 0 Å². The van der Waals surface area contributed by atoms with Crippen molar-refractivity contribution in [3.63, 3.8) is 0 Å². The van der Waals surface area contributed by atoms with E-state index in [0.717, 1.165) is 5.56 Å². The fourth-order valence-electron chi connectivity index (χ4n) is 1.32. The minimum atomic E-state index is -0.515. The molecule has 15 heavy (non-hydrogen) atoms. The highest BCUT2D eigenvalue weighted by atomic mass is 16.7. The van der Waals surface area contributed by atoms with Gasteiger partial charge in [-0.1, -0.05) is 12.1 Å². The normalized spacial score (nSPS) is 13.7. The van der Waals surface area contributed by atoms with Gasteiger partial charge in [-0.15, -0.1) is 0 Å². The second-order valence-corrected chi connectivity index (χ2v) is 2.99. The number of nitrogens with one attached hydrogen (secondary N) is 1. The maximum atomic E-state index is 11.0. The summed E-state index contributed by atoms with van der Waals surface area (Å²) in [6, 6.07) is 5.33. The maximum Gasteiger partial charge on any atom is 0.412 e. The molecule has 1 amide bonds. The van der Waals surface area contributed by atoms with E-state index in [0.29, 0.717) is 18.1 Å². The Morgan fingerprint density at radius 1 is 1.53 bits per heavy atom. The van der Waals surface area contributed by atoms with Crippen molar-refractivity contribution in [1.29, 1.82) is 0 Å². The molecule has 1 N–H and O–H groups in total. The Balaban J connectivity index is 2.27. The number of rotatable bonds is 1. The summed E-state index contributed by atoms with van der Waals surface area (Å²) in [5.74, 6) is 0.988. The predicted octanol–water partition coefficient (Wildman–Crippen LogP) is 1.27. The number of fused-ring (bicyclic) bond motifs is 1. The highest BCUT2D eigenvalue weighted by Crippen LogP contribution is 2.33. The molecule has 0 spiro atoms. The van der Waals surface area contributed by atoms with E-state index in [1.54, 1.807) is 12.1 Å². The van der Waals surface area contributed by atoms with Gasteiger partial charge in [-0.3, -0.25) is 0 Å². The van der Waals surface area contributed by atoms with E-state index >= 15 is 0 Å². The third-order valence-electron chi connectivity index (χ3n) is 2.01. The number of para-hydroxylation sites is 1. The molecular formula is C10H11NO4. The zero-order valence-corrected chi connectivity index (χ0v) is 8.28. The van der Waals surface area contributed by atoms with Crippen molar-refractivity contribution in [3.05, 3.63) is 23.8 Å². The molecule has 0 unspecified atom stereocenters. The Morgan fingerprint density at radius 3 is 3.20 bits per heavy atom. The molecule has 0 saturated carbocycles. The van der Waals surface area contributed by atoms with E-state index in [-0.39, 0.29) is 6.79 Å². The molecule has 0 saturated heterocycles. The van der Waals surface area contributed by atoms with E-state index in [4.69, 9.17) is 14.2 Å². The molecule has 1 aliphatic heterocycles. The van der Waals surface area contributed by atoms with Crippen LogP contribution < -0.4 is 14.8 Å². The van der Waals surface area contributed by atoms with Crippen molar-refractivity contribution in [2.75, 3.05) is 13.8 Å². The molecule has 0 fully saturated rings. The van der Waals surface area contributed by atoms with Crippen LogP contribution in [0, 0.1) is 0 Å². The largest absolute Gasteiger partial charge is 0.463 e. The number of benzene rings is 1. The highest BCUT2D eigenvalue weighted by molar-refractivity contribution is 5.71. The Bertz CT molecular complexity index is 378. The van der Waals surface area contributed by atoms with Crippen LogP contribution >= 0.6 is 0 Å². The fourth-order valence-corrected chi connectivity index (χ4v) is 1.32.